The number of rotatable bonds is 5. The summed E-state index contributed by atoms with van der Waals surface area (Å²) in [5.41, 5.74) is 9.82. The Morgan fingerprint density at radius 3 is 2.16 bits per heavy atom. The molecule has 0 heterocycles. The van der Waals surface area contributed by atoms with Gasteiger partial charge in [0.05, 0.1) is 0 Å². The van der Waals surface area contributed by atoms with Gasteiger partial charge >= 0.3 is 0 Å². The highest BCUT2D eigenvalue weighted by atomic mass is 19.1. The Labute approximate surface area is 114 Å². The van der Waals surface area contributed by atoms with Crippen molar-refractivity contribution >= 4 is 0 Å². The maximum atomic E-state index is 12.8. The summed E-state index contributed by atoms with van der Waals surface area (Å²) in [6.45, 7) is 2.09. The van der Waals surface area contributed by atoms with Gasteiger partial charge in [0.2, 0.25) is 0 Å². The van der Waals surface area contributed by atoms with Crippen molar-refractivity contribution in [1.82, 2.24) is 0 Å². The molecule has 0 aromatic heterocycles. The molecule has 2 aromatic rings. The van der Waals surface area contributed by atoms with Crippen molar-refractivity contribution in [1.29, 1.82) is 0 Å². The molecule has 2 aromatic carbocycles. The van der Waals surface area contributed by atoms with E-state index < -0.39 is 0 Å². The van der Waals surface area contributed by atoms with Crippen molar-refractivity contribution in [3.63, 3.8) is 0 Å². The van der Waals surface area contributed by atoms with Crippen LogP contribution in [0.2, 0.25) is 0 Å². The van der Waals surface area contributed by atoms with Crippen LogP contribution in [0, 0.1) is 12.7 Å². The molecule has 0 saturated carbocycles. The van der Waals surface area contributed by atoms with E-state index >= 15 is 0 Å². The van der Waals surface area contributed by atoms with E-state index in [2.05, 4.69) is 31.2 Å². The molecule has 0 aliphatic rings. The first-order valence-electron chi connectivity index (χ1n) is 6.69. The Morgan fingerprint density at radius 2 is 1.53 bits per heavy atom. The molecular weight excluding hydrogens is 237 g/mol. The lowest BCUT2D eigenvalue weighted by Gasteiger charge is -2.11. The fourth-order valence-electron chi connectivity index (χ4n) is 2.13. The molecule has 0 bridgehead atoms. The Kier molecular flexibility index (Phi) is 4.69. The molecule has 19 heavy (non-hydrogen) atoms. The highest BCUT2D eigenvalue weighted by molar-refractivity contribution is 5.22. The van der Waals surface area contributed by atoms with E-state index in [4.69, 9.17) is 5.73 Å². The van der Waals surface area contributed by atoms with Gasteiger partial charge < -0.3 is 5.73 Å². The average molecular weight is 257 g/mol. The number of aryl methyl sites for hydroxylation is 2. The molecule has 0 spiro atoms. The molecule has 0 aliphatic heterocycles. The third-order valence-electron chi connectivity index (χ3n) is 3.34. The summed E-state index contributed by atoms with van der Waals surface area (Å²) < 4.78 is 12.8. The van der Waals surface area contributed by atoms with Crippen molar-refractivity contribution in [2.75, 3.05) is 0 Å². The van der Waals surface area contributed by atoms with E-state index in [0.717, 1.165) is 24.8 Å². The van der Waals surface area contributed by atoms with Crippen molar-refractivity contribution in [3.8, 4) is 0 Å². The van der Waals surface area contributed by atoms with E-state index in [1.807, 2.05) is 0 Å². The number of hydrogen-bond acceptors (Lipinski definition) is 1. The molecule has 0 fully saturated rings. The maximum absolute atomic E-state index is 12.8. The molecule has 2 heteroatoms. The topological polar surface area (TPSA) is 26.0 Å². The second kappa shape index (κ2) is 6.48. The monoisotopic (exact) mass is 257 g/mol. The molecule has 1 nitrogen and oxygen atoms in total. The number of hydrogen-bond donors (Lipinski definition) is 1. The highest BCUT2D eigenvalue weighted by Crippen LogP contribution is 2.10. The van der Waals surface area contributed by atoms with Crippen LogP contribution in [-0.2, 0) is 12.8 Å². The third-order valence-corrected chi connectivity index (χ3v) is 3.34. The summed E-state index contributed by atoms with van der Waals surface area (Å²) >= 11 is 0. The van der Waals surface area contributed by atoms with Gasteiger partial charge in [-0.25, -0.2) is 4.39 Å². The summed E-state index contributed by atoms with van der Waals surface area (Å²) in [6, 6.07) is 15.3. The smallest absolute Gasteiger partial charge is 0.123 e. The third kappa shape index (κ3) is 4.49. The normalized spacial score (nSPS) is 12.4. The fraction of sp³-hybridized carbons (Fsp3) is 0.294. The van der Waals surface area contributed by atoms with Crippen LogP contribution in [0.1, 0.15) is 23.1 Å². The molecule has 1 unspecified atom stereocenters. The summed E-state index contributed by atoms with van der Waals surface area (Å²) in [6.07, 6.45) is 2.73. The molecule has 0 radical (unpaired) electrons. The summed E-state index contributed by atoms with van der Waals surface area (Å²) in [5.74, 6) is -0.197. The standard InChI is InChI=1S/C17H20FN/c1-13-2-4-14(5-3-13)8-11-17(19)12-15-6-9-16(18)10-7-15/h2-7,9-10,17H,8,11-12,19H2,1H3. The van der Waals surface area contributed by atoms with E-state index in [0.29, 0.717) is 0 Å². The van der Waals surface area contributed by atoms with Crippen LogP contribution >= 0.6 is 0 Å². The lowest BCUT2D eigenvalue weighted by Crippen LogP contribution is -2.23. The van der Waals surface area contributed by atoms with Gasteiger partial charge in [-0.1, -0.05) is 42.0 Å². The van der Waals surface area contributed by atoms with Crippen LogP contribution in [0.5, 0.6) is 0 Å². The van der Waals surface area contributed by atoms with Gasteiger partial charge in [-0.2, -0.15) is 0 Å². The first kappa shape index (κ1) is 13.8. The second-order valence-corrected chi connectivity index (χ2v) is 5.11. The zero-order valence-electron chi connectivity index (χ0n) is 11.3. The largest absolute Gasteiger partial charge is 0.327 e. The Balaban J connectivity index is 1.82. The Bertz CT molecular complexity index is 502. The van der Waals surface area contributed by atoms with Crippen molar-refractivity contribution in [3.05, 3.63) is 71.0 Å². The zero-order valence-corrected chi connectivity index (χ0v) is 11.3. The lowest BCUT2D eigenvalue weighted by atomic mass is 9.99. The van der Waals surface area contributed by atoms with Crippen LogP contribution in [0.25, 0.3) is 0 Å². The van der Waals surface area contributed by atoms with E-state index in [1.54, 1.807) is 12.1 Å². The second-order valence-electron chi connectivity index (χ2n) is 5.11. The highest BCUT2D eigenvalue weighted by Gasteiger charge is 2.05. The van der Waals surface area contributed by atoms with Gasteiger partial charge in [-0.05, 0) is 49.4 Å². The Morgan fingerprint density at radius 1 is 0.947 bits per heavy atom. The summed E-state index contributed by atoms with van der Waals surface area (Å²) in [7, 11) is 0. The molecule has 2 rings (SSSR count). The van der Waals surface area contributed by atoms with Crippen LogP contribution in [0.3, 0.4) is 0 Å². The average Bonchev–Trinajstić information content (AvgIpc) is 2.41. The molecule has 2 N–H and O–H groups in total. The Hall–Kier alpha value is -1.67. The van der Waals surface area contributed by atoms with Crippen molar-refractivity contribution in [2.45, 2.75) is 32.2 Å². The molecule has 0 aliphatic carbocycles. The molecule has 0 saturated heterocycles. The van der Waals surface area contributed by atoms with E-state index in [9.17, 15) is 4.39 Å². The number of benzene rings is 2. The number of nitrogens with two attached hydrogens (primary N) is 1. The molecule has 0 amide bonds. The van der Waals surface area contributed by atoms with E-state index in [1.165, 1.54) is 23.3 Å². The predicted molar refractivity (Wildman–Crippen MR) is 77.6 cm³/mol. The minimum atomic E-state index is -0.197. The van der Waals surface area contributed by atoms with Gasteiger partial charge in [-0.3, -0.25) is 0 Å². The van der Waals surface area contributed by atoms with Crippen LogP contribution in [0.4, 0.5) is 4.39 Å². The summed E-state index contributed by atoms with van der Waals surface area (Å²) in [5, 5.41) is 0. The summed E-state index contributed by atoms with van der Waals surface area (Å²) in [4.78, 5) is 0. The fourth-order valence-corrected chi connectivity index (χ4v) is 2.13. The molecule has 1 atom stereocenters. The van der Waals surface area contributed by atoms with Crippen LogP contribution < -0.4 is 5.73 Å². The maximum Gasteiger partial charge on any atom is 0.123 e. The number of halogens is 1. The zero-order chi connectivity index (χ0) is 13.7. The van der Waals surface area contributed by atoms with Crippen molar-refractivity contribution < 1.29 is 4.39 Å². The van der Waals surface area contributed by atoms with E-state index in [-0.39, 0.29) is 11.9 Å². The van der Waals surface area contributed by atoms with Gasteiger partial charge in [0.1, 0.15) is 5.82 Å². The van der Waals surface area contributed by atoms with Crippen molar-refractivity contribution in [2.24, 2.45) is 5.73 Å². The first-order valence-corrected chi connectivity index (χ1v) is 6.69. The minimum absolute atomic E-state index is 0.117. The molecular formula is C17H20FN. The van der Waals surface area contributed by atoms with Crippen LogP contribution in [-0.4, -0.2) is 6.04 Å². The quantitative estimate of drug-likeness (QED) is 0.869. The van der Waals surface area contributed by atoms with Gasteiger partial charge in [0, 0.05) is 6.04 Å². The molecule has 100 valence electrons. The minimum Gasteiger partial charge on any atom is -0.327 e. The van der Waals surface area contributed by atoms with Crippen LogP contribution in [0.15, 0.2) is 48.5 Å². The predicted octanol–water partition coefficient (Wildman–Crippen LogP) is 3.64. The first-order chi connectivity index (χ1) is 9.13. The van der Waals surface area contributed by atoms with Gasteiger partial charge in [0.25, 0.3) is 0 Å². The van der Waals surface area contributed by atoms with Gasteiger partial charge in [0.15, 0.2) is 0 Å². The van der Waals surface area contributed by atoms with Gasteiger partial charge in [-0.15, -0.1) is 0 Å². The SMILES string of the molecule is Cc1ccc(CCC(N)Cc2ccc(F)cc2)cc1. The lowest BCUT2D eigenvalue weighted by molar-refractivity contribution is 0.605.